The first-order valence-corrected chi connectivity index (χ1v) is 7.21. The van der Waals surface area contributed by atoms with E-state index >= 15 is 0 Å². The van der Waals surface area contributed by atoms with E-state index in [1.165, 1.54) is 5.56 Å². The molecule has 0 aliphatic heterocycles. The maximum atomic E-state index is 5.52. The number of benzene rings is 1. The standard InChI is InChI=1S/C17H23NO2/c1-4-15(13-8-10-14(19-3)11-9-13)18-16(5-2)17-7-6-12-20-17/h6-12,15-16,18H,4-5H2,1-3H3. The van der Waals surface area contributed by atoms with E-state index in [4.69, 9.17) is 9.15 Å². The van der Waals surface area contributed by atoms with Crippen molar-refractivity contribution in [2.24, 2.45) is 0 Å². The Morgan fingerprint density at radius 2 is 1.75 bits per heavy atom. The lowest BCUT2D eigenvalue weighted by Crippen LogP contribution is -2.25. The fraction of sp³-hybridized carbons (Fsp3) is 0.412. The predicted octanol–water partition coefficient (Wildman–Crippen LogP) is 4.48. The molecule has 2 unspecified atom stereocenters. The van der Waals surface area contributed by atoms with Crippen LogP contribution in [0.2, 0.25) is 0 Å². The van der Waals surface area contributed by atoms with Crippen LogP contribution in [-0.2, 0) is 0 Å². The van der Waals surface area contributed by atoms with Crippen LogP contribution in [0.4, 0.5) is 0 Å². The van der Waals surface area contributed by atoms with E-state index in [9.17, 15) is 0 Å². The minimum atomic E-state index is 0.247. The zero-order chi connectivity index (χ0) is 14.4. The summed E-state index contributed by atoms with van der Waals surface area (Å²) in [5.74, 6) is 1.89. The van der Waals surface area contributed by atoms with Crippen molar-refractivity contribution in [3.63, 3.8) is 0 Å². The third-order valence-corrected chi connectivity index (χ3v) is 3.62. The summed E-state index contributed by atoms with van der Waals surface area (Å²) in [6, 6.07) is 12.8. The summed E-state index contributed by atoms with van der Waals surface area (Å²) in [7, 11) is 1.69. The molecular formula is C17H23NO2. The molecule has 0 amide bonds. The first-order chi connectivity index (χ1) is 9.78. The quantitative estimate of drug-likeness (QED) is 0.807. The molecule has 2 atom stereocenters. The summed E-state index contributed by atoms with van der Waals surface area (Å²) in [6.07, 6.45) is 3.76. The van der Waals surface area contributed by atoms with Crippen molar-refractivity contribution in [3.8, 4) is 5.75 Å². The van der Waals surface area contributed by atoms with Gasteiger partial charge in [-0.1, -0.05) is 26.0 Å². The maximum Gasteiger partial charge on any atom is 0.120 e. The van der Waals surface area contributed by atoms with Crippen molar-refractivity contribution in [3.05, 3.63) is 54.0 Å². The van der Waals surface area contributed by atoms with Crippen LogP contribution in [0, 0.1) is 0 Å². The van der Waals surface area contributed by atoms with Gasteiger partial charge in [0.1, 0.15) is 11.5 Å². The summed E-state index contributed by atoms with van der Waals surface area (Å²) < 4.78 is 10.7. The Morgan fingerprint density at radius 3 is 2.25 bits per heavy atom. The summed E-state index contributed by atoms with van der Waals surface area (Å²) in [4.78, 5) is 0. The molecular weight excluding hydrogens is 250 g/mol. The van der Waals surface area contributed by atoms with Gasteiger partial charge in [-0.2, -0.15) is 0 Å². The van der Waals surface area contributed by atoms with Gasteiger partial charge in [-0.05, 0) is 42.7 Å². The van der Waals surface area contributed by atoms with Crippen molar-refractivity contribution in [2.75, 3.05) is 7.11 Å². The number of nitrogens with one attached hydrogen (secondary N) is 1. The van der Waals surface area contributed by atoms with E-state index in [0.717, 1.165) is 24.4 Å². The Bertz CT molecular complexity index is 490. The van der Waals surface area contributed by atoms with Gasteiger partial charge in [0.2, 0.25) is 0 Å². The molecule has 0 radical (unpaired) electrons. The molecule has 0 aliphatic carbocycles. The van der Waals surface area contributed by atoms with Crippen LogP contribution in [0.3, 0.4) is 0 Å². The molecule has 0 fully saturated rings. The first kappa shape index (κ1) is 14.7. The minimum Gasteiger partial charge on any atom is -0.497 e. The second kappa shape index (κ2) is 7.15. The van der Waals surface area contributed by atoms with Gasteiger partial charge < -0.3 is 14.5 Å². The highest BCUT2D eigenvalue weighted by Gasteiger charge is 2.17. The molecule has 3 heteroatoms. The first-order valence-electron chi connectivity index (χ1n) is 7.21. The van der Waals surface area contributed by atoms with Crippen LogP contribution in [0.15, 0.2) is 47.1 Å². The number of hydrogen-bond acceptors (Lipinski definition) is 3. The summed E-state index contributed by atoms with van der Waals surface area (Å²) in [5.41, 5.74) is 1.28. The SMILES string of the molecule is CCC(NC(CC)c1ccco1)c1ccc(OC)cc1. The van der Waals surface area contributed by atoms with E-state index < -0.39 is 0 Å². The van der Waals surface area contributed by atoms with Crippen LogP contribution in [-0.4, -0.2) is 7.11 Å². The Morgan fingerprint density at radius 1 is 1.05 bits per heavy atom. The van der Waals surface area contributed by atoms with Crippen LogP contribution in [0.5, 0.6) is 5.75 Å². The molecule has 0 aliphatic rings. The number of furan rings is 1. The topological polar surface area (TPSA) is 34.4 Å². The molecule has 1 aromatic heterocycles. The van der Waals surface area contributed by atoms with Gasteiger partial charge in [-0.25, -0.2) is 0 Å². The molecule has 0 spiro atoms. The van der Waals surface area contributed by atoms with Crippen LogP contribution in [0.25, 0.3) is 0 Å². The smallest absolute Gasteiger partial charge is 0.120 e. The molecule has 20 heavy (non-hydrogen) atoms. The largest absolute Gasteiger partial charge is 0.497 e. The number of rotatable bonds is 7. The molecule has 0 saturated heterocycles. The van der Waals surface area contributed by atoms with Gasteiger partial charge in [0, 0.05) is 6.04 Å². The molecule has 1 aromatic carbocycles. The highest BCUT2D eigenvalue weighted by molar-refractivity contribution is 5.29. The maximum absolute atomic E-state index is 5.52. The van der Waals surface area contributed by atoms with Crippen molar-refractivity contribution in [1.82, 2.24) is 5.32 Å². The Balaban J connectivity index is 2.10. The van der Waals surface area contributed by atoms with E-state index in [-0.39, 0.29) is 6.04 Å². The predicted molar refractivity (Wildman–Crippen MR) is 80.9 cm³/mol. The molecule has 1 heterocycles. The van der Waals surface area contributed by atoms with Crippen LogP contribution < -0.4 is 10.1 Å². The van der Waals surface area contributed by atoms with E-state index in [0.29, 0.717) is 6.04 Å². The van der Waals surface area contributed by atoms with Gasteiger partial charge in [0.05, 0.1) is 19.4 Å². The van der Waals surface area contributed by atoms with Crippen molar-refractivity contribution >= 4 is 0 Å². The molecule has 0 saturated carbocycles. The zero-order valence-corrected chi connectivity index (χ0v) is 12.4. The lowest BCUT2D eigenvalue weighted by molar-refractivity contribution is 0.361. The van der Waals surface area contributed by atoms with Gasteiger partial charge in [0.15, 0.2) is 0 Å². The Labute approximate surface area is 121 Å². The average Bonchev–Trinajstić information content (AvgIpc) is 3.03. The van der Waals surface area contributed by atoms with E-state index in [1.807, 2.05) is 24.3 Å². The molecule has 108 valence electrons. The van der Waals surface area contributed by atoms with Crippen molar-refractivity contribution < 1.29 is 9.15 Å². The Hall–Kier alpha value is -1.74. The highest BCUT2D eigenvalue weighted by Crippen LogP contribution is 2.25. The number of ether oxygens (including phenoxy) is 1. The fourth-order valence-corrected chi connectivity index (χ4v) is 2.42. The monoisotopic (exact) mass is 273 g/mol. The third kappa shape index (κ3) is 3.42. The van der Waals surface area contributed by atoms with Crippen LogP contribution in [0.1, 0.15) is 50.1 Å². The average molecular weight is 273 g/mol. The third-order valence-electron chi connectivity index (χ3n) is 3.62. The molecule has 2 rings (SSSR count). The molecule has 0 bridgehead atoms. The second-order valence-corrected chi connectivity index (χ2v) is 4.88. The van der Waals surface area contributed by atoms with Crippen molar-refractivity contribution in [2.45, 2.75) is 38.8 Å². The second-order valence-electron chi connectivity index (χ2n) is 4.88. The lowest BCUT2D eigenvalue weighted by Gasteiger charge is -2.23. The fourth-order valence-electron chi connectivity index (χ4n) is 2.42. The normalized spacial score (nSPS) is 13.9. The van der Waals surface area contributed by atoms with Gasteiger partial charge >= 0.3 is 0 Å². The number of methoxy groups -OCH3 is 1. The summed E-state index contributed by atoms with van der Waals surface area (Å²) >= 11 is 0. The molecule has 3 nitrogen and oxygen atoms in total. The highest BCUT2D eigenvalue weighted by atomic mass is 16.5. The molecule has 1 N–H and O–H groups in total. The lowest BCUT2D eigenvalue weighted by atomic mass is 10.0. The molecule has 2 aromatic rings. The summed E-state index contributed by atoms with van der Waals surface area (Å²) in [6.45, 7) is 4.36. The number of hydrogen-bond donors (Lipinski definition) is 1. The van der Waals surface area contributed by atoms with Gasteiger partial charge in [-0.15, -0.1) is 0 Å². The zero-order valence-electron chi connectivity index (χ0n) is 12.4. The van der Waals surface area contributed by atoms with Gasteiger partial charge in [-0.3, -0.25) is 0 Å². The van der Waals surface area contributed by atoms with Crippen molar-refractivity contribution in [1.29, 1.82) is 0 Å². The minimum absolute atomic E-state index is 0.247. The van der Waals surface area contributed by atoms with Gasteiger partial charge in [0.25, 0.3) is 0 Å². The van der Waals surface area contributed by atoms with E-state index in [1.54, 1.807) is 13.4 Å². The summed E-state index contributed by atoms with van der Waals surface area (Å²) in [5, 5.41) is 3.68. The van der Waals surface area contributed by atoms with Crippen LogP contribution >= 0.6 is 0 Å². The Kier molecular flexibility index (Phi) is 5.24. The van der Waals surface area contributed by atoms with E-state index in [2.05, 4.69) is 31.3 Å².